The van der Waals surface area contributed by atoms with E-state index in [-0.39, 0.29) is 11.8 Å². The molecule has 0 radical (unpaired) electrons. The maximum absolute atomic E-state index is 12.7. The van der Waals surface area contributed by atoms with Gasteiger partial charge in [0.2, 0.25) is 0 Å². The van der Waals surface area contributed by atoms with Crippen molar-refractivity contribution < 1.29 is 14.3 Å². The van der Waals surface area contributed by atoms with Crippen LogP contribution in [0.15, 0.2) is 78.9 Å². The summed E-state index contributed by atoms with van der Waals surface area (Å²) in [6, 6.07) is 23.9. The molecular formula is C23H22N2O3. The Kier molecular flexibility index (Phi) is 6.41. The van der Waals surface area contributed by atoms with E-state index in [0.717, 1.165) is 6.42 Å². The number of amides is 2. The van der Waals surface area contributed by atoms with Crippen LogP contribution in [0.2, 0.25) is 0 Å². The van der Waals surface area contributed by atoms with Gasteiger partial charge in [-0.1, -0.05) is 42.5 Å². The van der Waals surface area contributed by atoms with E-state index in [9.17, 15) is 9.59 Å². The van der Waals surface area contributed by atoms with Gasteiger partial charge in [-0.2, -0.15) is 0 Å². The minimum Gasteiger partial charge on any atom is -0.492 e. The Morgan fingerprint density at radius 1 is 0.821 bits per heavy atom. The van der Waals surface area contributed by atoms with Crippen molar-refractivity contribution in [3.63, 3.8) is 0 Å². The molecule has 0 aliphatic rings. The second-order valence-electron chi connectivity index (χ2n) is 6.19. The standard InChI is InChI=1S/C23H22N2O3/c1-24-22(26)18-11-13-19(14-12-18)25-23(27)20-9-5-6-10-21(20)28-16-15-17-7-3-2-4-8-17/h2-14H,15-16H2,1H3,(H,24,26)(H,25,27). The average Bonchev–Trinajstić information content (AvgIpc) is 2.75. The molecule has 2 amide bonds. The predicted octanol–water partition coefficient (Wildman–Crippen LogP) is 3.92. The lowest BCUT2D eigenvalue weighted by Crippen LogP contribution is -2.18. The number of carbonyl (C=O) groups is 2. The summed E-state index contributed by atoms with van der Waals surface area (Å²) in [4.78, 5) is 24.3. The molecule has 0 spiro atoms. The highest BCUT2D eigenvalue weighted by Gasteiger charge is 2.13. The minimum atomic E-state index is -0.261. The molecule has 3 rings (SSSR count). The van der Waals surface area contributed by atoms with Crippen LogP contribution in [0.4, 0.5) is 5.69 Å². The molecule has 0 atom stereocenters. The van der Waals surface area contributed by atoms with Crippen molar-refractivity contribution in [1.82, 2.24) is 5.32 Å². The van der Waals surface area contributed by atoms with Gasteiger partial charge in [0, 0.05) is 24.7 Å². The second-order valence-corrected chi connectivity index (χ2v) is 6.19. The van der Waals surface area contributed by atoms with Gasteiger partial charge in [0.1, 0.15) is 5.75 Å². The smallest absolute Gasteiger partial charge is 0.259 e. The quantitative estimate of drug-likeness (QED) is 0.659. The molecule has 0 saturated heterocycles. The number of hydrogen-bond donors (Lipinski definition) is 2. The van der Waals surface area contributed by atoms with Gasteiger partial charge in [-0.15, -0.1) is 0 Å². The zero-order chi connectivity index (χ0) is 19.8. The van der Waals surface area contributed by atoms with Gasteiger partial charge in [-0.3, -0.25) is 9.59 Å². The summed E-state index contributed by atoms with van der Waals surface area (Å²) in [5.74, 6) is 0.107. The Morgan fingerprint density at radius 2 is 1.50 bits per heavy atom. The fourth-order valence-corrected chi connectivity index (χ4v) is 2.75. The number of rotatable bonds is 7. The minimum absolute atomic E-state index is 0.171. The van der Waals surface area contributed by atoms with Crippen LogP contribution >= 0.6 is 0 Å². The summed E-state index contributed by atoms with van der Waals surface area (Å²) in [6.45, 7) is 0.481. The topological polar surface area (TPSA) is 67.4 Å². The summed E-state index contributed by atoms with van der Waals surface area (Å²) in [5.41, 5.74) is 2.79. The van der Waals surface area contributed by atoms with Crippen LogP contribution < -0.4 is 15.4 Å². The molecule has 3 aromatic rings. The fourth-order valence-electron chi connectivity index (χ4n) is 2.75. The average molecular weight is 374 g/mol. The molecule has 0 aliphatic heterocycles. The van der Waals surface area contributed by atoms with Crippen LogP contribution in [-0.4, -0.2) is 25.5 Å². The van der Waals surface area contributed by atoms with Crippen molar-refractivity contribution in [2.75, 3.05) is 19.0 Å². The first-order valence-electron chi connectivity index (χ1n) is 9.06. The molecule has 2 N–H and O–H groups in total. The summed E-state index contributed by atoms with van der Waals surface area (Å²) in [5, 5.41) is 5.40. The Hall–Kier alpha value is -3.60. The number of hydrogen-bond acceptors (Lipinski definition) is 3. The maximum Gasteiger partial charge on any atom is 0.259 e. The molecule has 28 heavy (non-hydrogen) atoms. The highest BCUT2D eigenvalue weighted by atomic mass is 16.5. The maximum atomic E-state index is 12.7. The zero-order valence-electron chi connectivity index (χ0n) is 15.6. The van der Waals surface area contributed by atoms with Gasteiger partial charge in [-0.05, 0) is 42.0 Å². The number of carbonyl (C=O) groups excluding carboxylic acids is 2. The van der Waals surface area contributed by atoms with Gasteiger partial charge in [0.25, 0.3) is 11.8 Å². The number of para-hydroxylation sites is 1. The summed E-state index contributed by atoms with van der Waals surface area (Å²) >= 11 is 0. The lowest BCUT2D eigenvalue weighted by molar-refractivity contribution is 0.0962. The number of nitrogens with one attached hydrogen (secondary N) is 2. The van der Waals surface area contributed by atoms with Crippen LogP contribution in [0.5, 0.6) is 5.75 Å². The molecule has 0 unspecified atom stereocenters. The van der Waals surface area contributed by atoms with Crippen molar-refractivity contribution in [2.45, 2.75) is 6.42 Å². The van der Waals surface area contributed by atoms with Crippen LogP contribution in [0, 0.1) is 0 Å². The van der Waals surface area contributed by atoms with E-state index in [0.29, 0.717) is 29.2 Å². The normalized spacial score (nSPS) is 10.2. The van der Waals surface area contributed by atoms with Crippen molar-refractivity contribution >= 4 is 17.5 Å². The molecule has 0 fully saturated rings. The van der Waals surface area contributed by atoms with Crippen molar-refractivity contribution in [3.8, 4) is 5.75 Å². The first-order chi connectivity index (χ1) is 13.7. The highest BCUT2D eigenvalue weighted by molar-refractivity contribution is 6.06. The van der Waals surface area contributed by atoms with Gasteiger partial charge < -0.3 is 15.4 Å². The third-order valence-corrected chi connectivity index (χ3v) is 4.25. The number of anilines is 1. The molecule has 0 bridgehead atoms. The Balaban J connectivity index is 1.64. The predicted molar refractivity (Wildman–Crippen MR) is 110 cm³/mol. The lowest BCUT2D eigenvalue weighted by Gasteiger charge is -2.12. The molecule has 5 nitrogen and oxygen atoms in total. The van der Waals surface area contributed by atoms with Crippen LogP contribution in [0.1, 0.15) is 26.3 Å². The van der Waals surface area contributed by atoms with Crippen molar-refractivity contribution in [2.24, 2.45) is 0 Å². The van der Waals surface area contributed by atoms with E-state index in [2.05, 4.69) is 10.6 Å². The third kappa shape index (κ3) is 4.98. The zero-order valence-corrected chi connectivity index (χ0v) is 15.6. The van der Waals surface area contributed by atoms with Crippen molar-refractivity contribution in [1.29, 1.82) is 0 Å². The Labute approximate surface area is 164 Å². The fraction of sp³-hybridized carbons (Fsp3) is 0.130. The molecule has 0 saturated carbocycles. The van der Waals surface area contributed by atoms with E-state index in [1.54, 1.807) is 49.5 Å². The second kappa shape index (κ2) is 9.37. The van der Waals surface area contributed by atoms with E-state index < -0.39 is 0 Å². The molecule has 3 aromatic carbocycles. The molecular weight excluding hydrogens is 352 g/mol. The molecule has 0 heterocycles. The van der Waals surface area contributed by atoms with Gasteiger partial charge in [0.05, 0.1) is 12.2 Å². The van der Waals surface area contributed by atoms with Crippen LogP contribution in [0.25, 0.3) is 0 Å². The molecule has 142 valence electrons. The first-order valence-corrected chi connectivity index (χ1v) is 9.06. The third-order valence-electron chi connectivity index (χ3n) is 4.25. The molecule has 5 heteroatoms. The summed E-state index contributed by atoms with van der Waals surface area (Å²) in [6.07, 6.45) is 0.762. The van der Waals surface area contributed by atoms with Crippen LogP contribution in [0.3, 0.4) is 0 Å². The first kappa shape index (κ1) is 19.2. The number of benzene rings is 3. The Morgan fingerprint density at radius 3 is 2.21 bits per heavy atom. The number of ether oxygens (including phenoxy) is 1. The Bertz CT molecular complexity index is 938. The lowest BCUT2D eigenvalue weighted by atomic mass is 10.1. The monoisotopic (exact) mass is 374 g/mol. The van der Waals surface area contributed by atoms with E-state index in [1.807, 2.05) is 36.4 Å². The molecule has 0 aromatic heterocycles. The van der Waals surface area contributed by atoms with Crippen LogP contribution in [-0.2, 0) is 6.42 Å². The van der Waals surface area contributed by atoms with Crippen molar-refractivity contribution in [3.05, 3.63) is 95.6 Å². The summed E-state index contributed by atoms with van der Waals surface area (Å²) in [7, 11) is 1.58. The largest absolute Gasteiger partial charge is 0.492 e. The SMILES string of the molecule is CNC(=O)c1ccc(NC(=O)c2ccccc2OCCc2ccccc2)cc1. The highest BCUT2D eigenvalue weighted by Crippen LogP contribution is 2.20. The van der Waals surface area contributed by atoms with E-state index in [1.165, 1.54) is 5.56 Å². The molecule has 0 aliphatic carbocycles. The van der Waals surface area contributed by atoms with Gasteiger partial charge >= 0.3 is 0 Å². The van der Waals surface area contributed by atoms with E-state index in [4.69, 9.17) is 4.74 Å². The van der Waals surface area contributed by atoms with E-state index >= 15 is 0 Å². The summed E-state index contributed by atoms with van der Waals surface area (Å²) < 4.78 is 5.85. The van der Waals surface area contributed by atoms with Gasteiger partial charge in [-0.25, -0.2) is 0 Å². The van der Waals surface area contributed by atoms with Gasteiger partial charge in [0.15, 0.2) is 0 Å².